The van der Waals surface area contributed by atoms with Crippen LogP contribution in [0.1, 0.15) is 6.92 Å². The van der Waals surface area contributed by atoms with Gasteiger partial charge in [-0.2, -0.15) is 0 Å². The predicted molar refractivity (Wildman–Crippen MR) is 49.9 cm³/mol. The molecule has 1 nitrogen and oxygen atoms in total. The van der Waals surface area contributed by atoms with Gasteiger partial charge in [0.2, 0.25) is 0 Å². The summed E-state index contributed by atoms with van der Waals surface area (Å²) in [6.07, 6.45) is 3.77. The Balaban J connectivity index is 2.77. The lowest BCUT2D eigenvalue weighted by atomic mass is 10.3. The Hall–Kier alpha value is -0.950. The van der Waals surface area contributed by atoms with Crippen molar-refractivity contribution in [1.82, 2.24) is 0 Å². The molecule has 0 amide bonds. The summed E-state index contributed by atoms with van der Waals surface area (Å²) in [6, 6.07) is 7.64. The number of rotatable bonds is 2. The van der Waals surface area contributed by atoms with E-state index in [-0.39, 0.29) is 0 Å². The first-order valence-electron chi connectivity index (χ1n) is 3.47. The first kappa shape index (κ1) is 8.15. The number of anilines is 1. The number of hydrogen-bond donors (Lipinski definition) is 1. The summed E-state index contributed by atoms with van der Waals surface area (Å²) in [5.41, 5.74) is 0.937. The zero-order chi connectivity index (χ0) is 8.10. The van der Waals surface area contributed by atoms with Crippen LogP contribution in [-0.2, 0) is 0 Å². The van der Waals surface area contributed by atoms with Crippen molar-refractivity contribution in [2.75, 3.05) is 5.32 Å². The van der Waals surface area contributed by atoms with Gasteiger partial charge >= 0.3 is 0 Å². The van der Waals surface area contributed by atoms with E-state index in [1.54, 1.807) is 0 Å². The first-order valence-corrected chi connectivity index (χ1v) is 3.84. The van der Waals surface area contributed by atoms with E-state index in [0.29, 0.717) is 0 Å². The van der Waals surface area contributed by atoms with Crippen molar-refractivity contribution in [1.29, 1.82) is 0 Å². The Morgan fingerprint density at radius 2 is 2.09 bits per heavy atom. The minimum absolute atomic E-state index is 0.741. The van der Waals surface area contributed by atoms with Crippen molar-refractivity contribution in [3.05, 3.63) is 41.6 Å². The summed E-state index contributed by atoms with van der Waals surface area (Å²) in [5, 5.41) is 3.79. The van der Waals surface area contributed by atoms with Crippen molar-refractivity contribution >= 4 is 17.3 Å². The summed E-state index contributed by atoms with van der Waals surface area (Å²) in [4.78, 5) is 0. The number of allylic oxidation sites excluding steroid dienone is 1. The van der Waals surface area contributed by atoms with E-state index >= 15 is 0 Å². The molecule has 2 heteroatoms. The maximum absolute atomic E-state index is 5.86. The molecule has 0 saturated carbocycles. The van der Waals surface area contributed by atoms with Gasteiger partial charge in [0.25, 0.3) is 0 Å². The highest BCUT2D eigenvalue weighted by Crippen LogP contribution is 2.19. The van der Waals surface area contributed by atoms with Gasteiger partial charge in [-0.05, 0) is 25.3 Å². The average molecular weight is 168 g/mol. The van der Waals surface area contributed by atoms with Gasteiger partial charge in [-0.3, -0.25) is 0 Å². The average Bonchev–Trinajstić information content (AvgIpc) is 2.03. The fraction of sp³-hybridized carbons (Fsp3) is 0.111. The second kappa shape index (κ2) is 4.04. The van der Waals surface area contributed by atoms with Crippen molar-refractivity contribution in [3.8, 4) is 0 Å². The van der Waals surface area contributed by atoms with Gasteiger partial charge in [-0.25, -0.2) is 0 Å². The molecule has 0 aliphatic rings. The lowest BCUT2D eigenvalue weighted by Gasteiger charge is -2.01. The molecule has 0 spiro atoms. The van der Waals surface area contributed by atoms with Crippen LogP contribution in [0.2, 0.25) is 5.02 Å². The minimum atomic E-state index is 0.741. The molecule has 0 aliphatic carbocycles. The fourth-order valence-corrected chi connectivity index (χ4v) is 0.942. The second-order valence-corrected chi connectivity index (χ2v) is 2.53. The molecular weight excluding hydrogens is 158 g/mol. The topological polar surface area (TPSA) is 12.0 Å². The zero-order valence-corrected chi connectivity index (χ0v) is 7.10. The molecule has 0 saturated heterocycles. The predicted octanol–water partition coefficient (Wildman–Crippen LogP) is 3.29. The lowest BCUT2D eigenvalue weighted by Crippen LogP contribution is -1.86. The van der Waals surface area contributed by atoms with Crippen molar-refractivity contribution in [2.45, 2.75) is 6.92 Å². The van der Waals surface area contributed by atoms with Crippen molar-refractivity contribution in [3.63, 3.8) is 0 Å². The molecule has 0 atom stereocenters. The quantitative estimate of drug-likeness (QED) is 0.713. The Labute approximate surface area is 71.7 Å². The number of nitrogens with one attached hydrogen (secondary N) is 1. The number of halogens is 1. The monoisotopic (exact) mass is 167 g/mol. The Morgan fingerprint density at radius 3 is 2.73 bits per heavy atom. The largest absolute Gasteiger partial charge is 0.361 e. The SMILES string of the molecule is CC=CNc1ccccc1Cl. The smallest absolute Gasteiger partial charge is 0.0640 e. The third kappa shape index (κ3) is 2.28. The molecule has 1 aromatic rings. The molecule has 1 aromatic carbocycles. The Bertz CT molecular complexity index is 255. The minimum Gasteiger partial charge on any atom is -0.361 e. The Morgan fingerprint density at radius 1 is 1.36 bits per heavy atom. The fourth-order valence-electron chi connectivity index (χ4n) is 0.751. The number of para-hydroxylation sites is 1. The van der Waals surface area contributed by atoms with E-state index in [0.717, 1.165) is 10.7 Å². The van der Waals surface area contributed by atoms with Crippen LogP contribution in [0.15, 0.2) is 36.5 Å². The maximum atomic E-state index is 5.86. The maximum Gasteiger partial charge on any atom is 0.0640 e. The van der Waals surface area contributed by atoms with Gasteiger partial charge in [0.05, 0.1) is 10.7 Å². The van der Waals surface area contributed by atoms with Crippen LogP contribution in [0, 0.1) is 0 Å². The van der Waals surface area contributed by atoms with E-state index < -0.39 is 0 Å². The van der Waals surface area contributed by atoms with Crippen LogP contribution in [0.4, 0.5) is 5.69 Å². The van der Waals surface area contributed by atoms with Crippen LogP contribution >= 0.6 is 11.6 Å². The lowest BCUT2D eigenvalue weighted by molar-refractivity contribution is 1.55. The molecule has 0 aliphatic heterocycles. The Kier molecular flexibility index (Phi) is 2.99. The summed E-state index contributed by atoms with van der Waals surface area (Å²) < 4.78 is 0. The molecule has 0 aromatic heterocycles. The van der Waals surface area contributed by atoms with Crippen molar-refractivity contribution in [2.24, 2.45) is 0 Å². The number of benzene rings is 1. The van der Waals surface area contributed by atoms with Crippen molar-refractivity contribution < 1.29 is 0 Å². The zero-order valence-electron chi connectivity index (χ0n) is 6.34. The third-order valence-corrected chi connectivity index (χ3v) is 1.61. The molecule has 11 heavy (non-hydrogen) atoms. The van der Waals surface area contributed by atoms with E-state index in [2.05, 4.69) is 5.32 Å². The highest BCUT2D eigenvalue weighted by atomic mass is 35.5. The van der Waals surface area contributed by atoms with Gasteiger partial charge < -0.3 is 5.32 Å². The van der Waals surface area contributed by atoms with E-state index in [4.69, 9.17) is 11.6 Å². The summed E-state index contributed by atoms with van der Waals surface area (Å²) >= 11 is 5.86. The van der Waals surface area contributed by atoms with E-state index in [1.807, 2.05) is 43.5 Å². The highest BCUT2D eigenvalue weighted by Gasteiger charge is 1.92. The summed E-state index contributed by atoms with van der Waals surface area (Å²) in [5.74, 6) is 0. The molecule has 0 fully saturated rings. The van der Waals surface area contributed by atoms with E-state index in [9.17, 15) is 0 Å². The molecule has 0 bridgehead atoms. The summed E-state index contributed by atoms with van der Waals surface area (Å²) in [7, 11) is 0. The van der Waals surface area contributed by atoms with Gasteiger partial charge in [0.15, 0.2) is 0 Å². The second-order valence-electron chi connectivity index (χ2n) is 2.12. The van der Waals surface area contributed by atoms with Gasteiger partial charge in [-0.1, -0.05) is 29.8 Å². The standard InChI is InChI=1S/C9H10ClN/c1-2-7-11-9-6-4-3-5-8(9)10/h2-7,11H,1H3. The molecule has 0 radical (unpaired) electrons. The van der Waals surface area contributed by atoms with Gasteiger partial charge in [0.1, 0.15) is 0 Å². The van der Waals surface area contributed by atoms with Gasteiger partial charge in [0, 0.05) is 0 Å². The molecule has 0 unspecified atom stereocenters. The number of hydrogen-bond acceptors (Lipinski definition) is 1. The molecule has 1 rings (SSSR count). The molecule has 0 heterocycles. The third-order valence-electron chi connectivity index (χ3n) is 1.28. The van der Waals surface area contributed by atoms with Crippen LogP contribution in [0.25, 0.3) is 0 Å². The van der Waals surface area contributed by atoms with E-state index in [1.165, 1.54) is 0 Å². The van der Waals surface area contributed by atoms with Gasteiger partial charge in [-0.15, -0.1) is 0 Å². The normalized spacial score (nSPS) is 10.4. The first-order chi connectivity index (χ1) is 5.34. The van der Waals surface area contributed by atoms with Crippen LogP contribution in [0.5, 0.6) is 0 Å². The van der Waals surface area contributed by atoms with Crippen LogP contribution in [0.3, 0.4) is 0 Å². The van der Waals surface area contributed by atoms with Crippen LogP contribution < -0.4 is 5.32 Å². The van der Waals surface area contributed by atoms with Crippen LogP contribution in [-0.4, -0.2) is 0 Å². The molecule has 1 N–H and O–H groups in total. The molecular formula is C9H10ClN. The highest BCUT2D eigenvalue weighted by molar-refractivity contribution is 6.33. The summed E-state index contributed by atoms with van der Waals surface area (Å²) in [6.45, 7) is 1.95. The molecule has 58 valence electrons.